The van der Waals surface area contributed by atoms with Crippen LogP contribution in [0.1, 0.15) is 22.1 Å². The van der Waals surface area contributed by atoms with Crippen LogP contribution in [0.4, 0.5) is 0 Å². The number of amides is 2. The van der Waals surface area contributed by atoms with Gasteiger partial charge in [0.25, 0.3) is 5.91 Å². The lowest BCUT2D eigenvalue weighted by atomic mass is 10.1. The molecule has 1 aliphatic rings. The number of methoxy groups -OCH3 is 2. The minimum absolute atomic E-state index is 0.180. The van der Waals surface area contributed by atoms with Crippen LogP contribution in [0.15, 0.2) is 83.8 Å². The van der Waals surface area contributed by atoms with Gasteiger partial charge in [0.15, 0.2) is 0 Å². The van der Waals surface area contributed by atoms with Crippen LogP contribution in [-0.2, 0) is 16.0 Å². The number of carbonyl (C=O) groups is 2. The Hall–Kier alpha value is -3.71. The van der Waals surface area contributed by atoms with E-state index in [-0.39, 0.29) is 18.2 Å². The van der Waals surface area contributed by atoms with Crippen LogP contribution in [0.2, 0.25) is 0 Å². The highest BCUT2D eigenvalue weighted by Gasteiger charge is 2.38. The van der Waals surface area contributed by atoms with Crippen LogP contribution < -0.4 is 14.9 Å². The summed E-state index contributed by atoms with van der Waals surface area (Å²) in [5, 5.41) is 1.00. The molecule has 0 aromatic heterocycles. The zero-order valence-corrected chi connectivity index (χ0v) is 19.2. The molecule has 6 nitrogen and oxygen atoms in total. The van der Waals surface area contributed by atoms with Crippen molar-refractivity contribution >= 4 is 29.7 Å². The maximum absolute atomic E-state index is 13.3. The molecule has 1 saturated heterocycles. The summed E-state index contributed by atoms with van der Waals surface area (Å²) in [4.78, 5) is 26.6. The zero-order valence-electron chi connectivity index (χ0n) is 18.4. The highest BCUT2D eigenvalue weighted by atomic mass is 32.2. The van der Waals surface area contributed by atoms with Crippen molar-refractivity contribution in [2.75, 3.05) is 14.2 Å². The van der Waals surface area contributed by atoms with Crippen LogP contribution in [0.25, 0.3) is 6.08 Å². The third-order valence-electron chi connectivity index (χ3n) is 5.15. The van der Waals surface area contributed by atoms with Gasteiger partial charge in [0.2, 0.25) is 5.91 Å². The van der Waals surface area contributed by atoms with Crippen LogP contribution in [0.5, 0.6) is 11.5 Å². The number of nitrogens with zero attached hydrogens (tertiary/aromatic N) is 1. The molecule has 1 fully saturated rings. The molecule has 168 valence electrons. The van der Waals surface area contributed by atoms with E-state index in [9.17, 15) is 9.59 Å². The van der Waals surface area contributed by atoms with Crippen molar-refractivity contribution in [1.29, 1.82) is 0 Å². The number of hydrogen-bond donors (Lipinski definition) is 1. The maximum atomic E-state index is 13.3. The molecule has 1 atom stereocenters. The normalized spacial score (nSPS) is 16.7. The van der Waals surface area contributed by atoms with Gasteiger partial charge in [-0.2, -0.15) is 0 Å². The zero-order chi connectivity index (χ0) is 23.2. The van der Waals surface area contributed by atoms with Crippen molar-refractivity contribution in [3.05, 3.63) is 100 Å². The van der Waals surface area contributed by atoms with Crippen LogP contribution >= 0.6 is 11.8 Å². The van der Waals surface area contributed by atoms with Gasteiger partial charge in [-0.05, 0) is 47.0 Å². The van der Waals surface area contributed by atoms with Gasteiger partial charge < -0.3 is 9.47 Å². The monoisotopic (exact) mass is 460 g/mol. The van der Waals surface area contributed by atoms with Gasteiger partial charge in [-0.3, -0.25) is 15.0 Å². The van der Waals surface area contributed by atoms with Gasteiger partial charge in [0.1, 0.15) is 16.9 Å². The summed E-state index contributed by atoms with van der Waals surface area (Å²) in [7, 11) is 3.21. The van der Waals surface area contributed by atoms with E-state index in [0.29, 0.717) is 10.7 Å². The lowest BCUT2D eigenvalue weighted by Gasteiger charge is -2.24. The Morgan fingerprint density at radius 1 is 0.970 bits per heavy atom. The van der Waals surface area contributed by atoms with E-state index in [1.165, 1.54) is 16.8 Å². The first-order valence-electron chi connectivity index (χ1n) is 10.4. The van der Waals surface area contributed by atoms with E-state index in [2.05, 4.69) is 5.43 Å². The lowest BCUT2D eigenvalue weighted by Crippen LogP contribution is -2.44. The topological polar surface area (TPSA) is 67.9 Å². The first-order valence-corrected chi connectivity index (χ1v) is 11.3. The molecule has 0 radical (unpaired) electrons. The summed E-state index contributed by atoms with van der Waals surface area (Å²) in [6, 6.07) is 24.4. The van der Waals surface area contributed by atoms with Gasteiger partial charge in [0, 0.05) is 0 Å². The summed E-state index contributed by atoms with van der Waals surface area (Å²) in [6.07, 6.45) is 1.99. The van der Waals surface area contributed by atoms with E-state index in [0.717, 1.165) is 22.4 Å². The number of thioether (sulfide) groups is 1. The van der Waals surface area contributed by atoms with Crippen LogP contribution in [-0.4, -0.2) is 31.0 Å². The Labute approximate surface area is 197 Å². The Balaban J connectivity index is 1.61. The molecule has 0 bridgehead atoms. The smallest absolute Gasteiger partial charge is 0.280 e. The molecule has 1 aliphatic heterocycles. The minimum Gasteiger partial charge on any atom is -0.497 e. The lowest BCUT2D eigenvalue weighted by molar-refractivity contribution is -0.137. The molecular weight excluding hydrogens is 436 g/mol. The summed E-state index contributed by atoms with van der Waals surface area (Å²) < 4.78 is 10.5. The molecule has 2 amide bonds. The average Bonchev–Trinajstić information content (AvgIpc) is 3.14. The Morgan fingerprint density at radius 2 is 1.70 bits per heavy atom. The fourth-order valence-electron chi connectivity index (χ4n) is 3.48. The van der Waals surface area contributed by atoms with Gasteiger partial charge in [-0.25, -0.2) is 5.01 Å². The third kappa shape index (κ3) is 5.38. The second kappa shape index (κ2) is 10.3. The quantitative estimate of drug-likeness (QED) is 0.522. The first-order chi connectivity index (χ1) is 16.1. The largest absolute Gasteiger partial charge is 0.497 e. The summed E-state index contributed by atoms with van der Waals surface area (Å²) >= 11 is 1.39. The summed E-state index contributed by atoms with van der Waals surface area (Å²) in [5.41, 5.74) is 5.42. The van der Waals surface area contributed by atoms with Crippen molar-refractivity contribution in [1.82, 2.24) is 10.4 Å². The molecule has 3 aromatic rings. The molecule has 33 heavy (non-hydrogen) atoms. The van der Waals surface area contributed by atoms with Crippen molar-refractivity contribution in [3.8, 4) is 11.5 Å². The molecule has 0 spiro atoms. The Bertz CT molecular complexity index is 1160. The number of hydrogen-bond acceptors (Lipinski definition) is 5. The molecule has 1 unspecified atom stereocenters. The number of hydrazine groups is 1. The third-order valence-corrected chi connectivity index (χ3v) is 6.40. The maximum Gasteiger partial charge on any atom is 0.280 e. The van der Waals surface area contributed by atoms with E-state index in [4.69, 9.17) is 9.47 Å². The highest BCUT2D eigenvalue weighted by Crippen LogP contribution is 2.45. The molecule has 7 heteroatoms. The Morgan fingerprint density at radius 3 is 2.39 bits per heavy atom. The average molecular weight is 461 g/mol. The number of nitrogens with one attached hydrogen (secondary N) is 1. The molecular formula is C26H24N2O4S. The molecule has 0 aliphatic carbocycles. The van der Waals surface area contributed by atoms with Gasteiger partial charge in [-0.15, -0.1) is 0 Å². The van der Waals surface area contributed by atoms with E-state index in [1.54, 1.807) is 14.2 Å². The standard InChI is InChI=1S/C26H24N2O4S/c1-31-21-13-11-20(12-14-21)26-28(27-24(29)17-18-7-4-3-5-8-18)25(30)23(33-26)16-19-9-6-10-22(15-19)32-2/h3-16,26H,17H2,1-2H3,(H,27,29)/b23-16+. The fourth-order valence-corrected chi connectivity index (χ4v) is 4.67. The fraction of sp³-hybridized carbons (Fsp3) is 0.154. The minimum atomic E-state index is -0.403. The molecule has 0 saturated carbocycles. The summed E-state index contributed by atoms with van der Waals surface area (Å²) in [5.74, 6) is 0.917. The first kappa shape index (κ1) is 22.5. The van der Waals surface area contributed by atoms with Crippen LogP contribution in [0.3, 0.4) is 0 Å². The number of benzene rings is 3. The van der Waals surface area contributed by atoms with Crippen molar-refractivity contribution in [2.24, 2.45) is 0 Å². The SMILES string of the molecule is COc1ccc(C2S/C(=C/c3cccc(OC)c3)C(=O)N2NC(=O)Cc2ccccc2)cc1. The van der Waals surface area contributed by atoms with Crippen molar-refractivity contribution < 1.29 is 19.1 Å². The second-order valence-electron chi connectivity index (χ2n) is 7.40. The predicted octanol–water partition coefficient (Wildman–Crippen LogP) is 4.59. The van der Waals surface area contributed by atoms with Crippen molar-refractivity contribution in [3.63, 3.8) is 0 Å². The van der Waals surface area contributed by atoms with E-state index >= 15 is 0 Å². The predicted molar refractivity (Wildman–Crippen MR) is 129 cm³/mol. The van der Waals surface area contributed by atoms with E-state index in [1.807, 2.05) is 84.9 Å². The molecule has 3 aromatic carbocycles. The van der Waals surface area contributed by atoms with E-state index < -0.39 is 5.37 Å². The van der Waals surface area contributed by atoms with Crippen molar-refractivity contribution in [2.45, 2.75) is 11.8 Å². The van der Waals surface area contributed by atoms with Gasteiger partial charge in [-0.1, -0.05) is 66.4 Å². The number of carbonyl (C=O) groups excluding carboxylic acids is 2. The molecule has 4 rings (SSSR count). The highest BCUT2D eigenvalue weighted by molar-refractivity contribution is 8.04. The second-order valence-corrected chi connectivity index (χ2v) is 8.52. The summed E-state index contributed by atoms with van der Waals surface area (Å²) in [6.45, 7) is 0. The number of ether oxygens (including phenoxy) is 2. The van der Waals surface area contributed by atoms with Gasteiger partial charge in [0.05, 0.1) is 25.5 Å². The molecule has 1 heterocycles. The number of rotatable bonds is 7. The molecule has 1 N–H and O–H groups in total. The van der Waals surface area contributed by atoms with Crippen LogP contribution in [0, 0.1) is 0 Å². The van der Waals surface area contributed by atoms with Gasteiger partial charge >= 0.3 is 0 Å². The Kier molecular flexibility index (Phi) is 7.00.